The molecule has 8 rings (SSSR count). The number of nitrogens with zero attached hydrogens (tertiary/aromatic N) is 1. The minimum absolute atomic E-state index is 0.154. The molecule has 1 aliphatic heterocycles. The number of barbiturate groups is 1. The van der Waals surface area contributed by atoms with E-state index in [-0.39, 0.29) is 17.6 Å². The van der Waals surface area contributed by atoms with Crippen LogP contribution in [0.25, 0.3) is 6.08 Å². The number of ether oxygens (including phenoxy) is 2. The van der Waals surface area contributed by atoms with E-state index in [1.54, 1.807) is 36.4 Å². The van der Waals surface area contributed by atoms with E-state index < -0.39 is 17.8 Å². The maximum Gasteiger partial charge on any atom is 0.335 e. The SMILES string of the molecule is COc1cc(/C=C2\C(=O)NC(=O)N(c3ccc(C45CC6CC(CC(C6)C4)C5)cc3)C2=O)ccc1OCc1ccc(Cl)cc1Cl. The molecule has 1 N–H and O–H groups in total. The predicted molar refractivity (Wildman–Crippen MR) is 169 cm³/mol. The number of carbonyl (C=O) groups is 3. The summed E-state index contributed by atoms with van der Waals surface area (Å²) in [6.45, 7) is 0.187. The van der Waals surface area contributed by atoms with Crippen LogP contribution in [0.4, 0.5) is 10.5 Å². The van der Waals surface area contributed by atoms with Crippen LogP contribution in [0.2, 0.25) is 10.0 Å². The van der Waals surface area contributed by atoms with Gasteiger partial charge in [0.05, 0.1) is 12.8 Å². The summed E-state index contributed by atoms with van der Waals surface area (Å²) in [6.07, 6.45) is 9.22. The van der Waals surface area contributed by atoms with Gasteiger partial charge in [-0.05, 0) is 115 Å². The highest BCUT2D eigenvalue weighted by Gasteiger charge is 2.51. The van der Waals surface area contributed by atoms with Crippen molar-refractivity contribution >= 4 is 52.8 Å². The minimum Gasteiger partial charge on any atom is -0.493 e. The third-order valence-electron chi connectivity index (χ3n) is 9.77. The van der Waals surface area contributed by atoms with Gasteiger partial charge in [-0.15, -0.1) is 0 Å². The molecule has 1 heterocycles. The summed E-state index contributed by atoms with van der Waals surface area (Å²) < 4.78 is 11.4. The topological polar surface area (TPSA) is 84.9 Å². The highest BCUT2D eigenvalue weighted by Crippen LogP contribution is 2.60. The molecule has 1 saturated heterocycles. The molecule has 9 heteroatoms. The van der Waals surface area contributed by atoms with Crippen LogP contribution < -0.4 is 19.7 Å². The predicted octanol–water partition coefficient (Wildman–Crippen LogP) is 7.72. The van der Waals surface area contributed by atoms with Gasteiger partial charge in [-0.25, -0.2) is 9.69 Å². The summed E-state index contributed by atoms with van der Waals surface area (Å²) in [4.78, 5) is 40.3. The quantitative estimate of drug-likeness (QED) is 0.213. The number of imide groups is 2. The second-order valence-electron chi connectivity index (χ2n) is 12.6. The first-order valence-electron chi connectivity index (χ1n) is 15.0. The Morgan fingerprint density at radius 3 is 2.20 bits per heavy atom. The van der Waals surface area contributed by atoms with Gasteiger partial charge in [0.1, 0.15) is 12.2 Å². The van der Waals surface area contributed by atoms with E-state index in [1.807, 2.05) is 12.1 Å². The standard InChI is InChI=1S/C35H32Cl2N2O5/c1-43-31-14-20(2-9-30(31)44-19-24-3-6-26(36)15-29(24)37)13-28-32(40)38-34(42)39(33(28)41)27-7-4-25(5-8-27)35-16-21-10-22(17-35)12-23(11-21)18-35/h2-9,13-15,21-23H,10-12,16-19H2,1H3,(H,38,40,42)/b28-13+. The Bertz CT molecular complexity index is 1660. The van der Waals surface area contributed by atoms with Crippen molar-refractivity contribution in [1.82, 2.24) is 5.32 Å². The number of benzene rings is 3. The number of rotatable bonds is 7. The Hall–Kier alpha value is -3.81. The summed E-state index contributed by atoms with van der Waals surface area (Å²) >= 11 is 12.3. The van der Waals surface area contributed by atoms with Crippen molar-refractivity contribution in [2.45, 2.75) is 50.5 Å². The molecule has 5 aliphatic rings. The van der Waals surface area contributed by atoms with Gasteiger partial charge in [0.15, 0.2) is 11.5 Å². The number of carbonyl (C=O) groups excluding carboxylic acids is 3. The number of halogens is 2. The van der Waals surface area contributed by atoms with Crippen molar-refractivity contribution in [2.24, 2.45) is 17.8 Å². The van der Waals surface area contributed by atoms with Gasteiger partial charge in [-0.3, -0.25) is 14.9 Å². The zero-order valence-corrected chi connectivity index (χ0v) is 25.8. The molecule has 0 spiro atoms. The Morgan fingerprint density at radius 1 is 0.886 bits per heavy atom. The average molecular weight is 632 g/mol. The first-order valence-corrected chi connectivity index (χ1v) is 15.7. The van der Waals surface area contributed by atoms with E-state index >= 15 is 0 Å². The second kappa shape index (κ2) is 11.3. The molecular formula is C35H32Cl2N2O5. The first kappa shape index (κ1) is 28.9. The molecule has 3 aromatic carbocycles. The lowest BCUT2D eigenvalue weighted by molar-refractivity contribution is -0.122. The Kier molecular flexibility index (Phi) is 7.42. The monoisotopic (exact) mass is 630 g/mol. The molecule has 4 bridgehead atoms. The lowest BCUT2D eigenvalue weighted by atomic mass is 9.48. The number of hydrogen-bond donors (Lipinski definition) is 1. The van der Waals surface area contributed by atoms with Crippen molar-refractivity contribution in [3.63, 3.8) is 0 Å². The molecule has 0 unspecified atom stereocenters. The fraction of sp³-hybridized carbons (Fsp3) is 0.343. The maximum absolute atomic E-state index is 13.6. The van der Waals surface area contributed by atoms with Crippen LogP contribution in [0, 0.1) is 17.8 Å². The van der Waals surface area contributed by atoms with Crippen LogP contribution in [0.15, 0.2) is 66.2 Å². The van der Waals surface area contributed by atoms with Gasteiger partial charge in [0.25, 0.3) is 11.8 Å². The van der Waals surface area contributed by atoms with Crippen molar-refractivity contribution < 1.29 is 23.9 Å². The third kappa shape index (κ3) is 5.26. The summed E-state index contributed by atoms with van der Waals surface area (Å²) in [5, 5.41) is 3.34. The van der Waals surface area contributed by atoms with Crippen molar-refractivity contribution in [3.8, 4) is 11.5 Å². The van der Waals surface area contributed by atoms with Gasteiger partial charge in [-0.1, -0.05) is 47.5 Å². The molecule has 4 aliphatic carbocycles. The highest BCUT2D eigenvalue weighted by atomic mass is 35.5. The molecule has 226 valence electrons. The van der Waals surface area contributed by atoms with Crippen molar-refractivity contribution in [2.75, 3.05) is 12.0 Å². The summed E-state index contributed by atoms with van der Waals surface area (Å²) in [5.41, 5.74) is 3.07. The summed E-state index contributed by atoms with van der Waals surface area (Å²) in [7, 11) is 1.50. The number of methoxy groups -OCH3 is 1. The zero-order valence-electron chi connectivity index (χ0n) is 24.3. The van der Waals surface area contributed by atoms with Gasteiger partial charge in [-0.2, -0.15) is 0 Å². The molecule has 0 radical (unpaired) electrons. The lowest BCUT2D eigenvalue weighted by Crippen LogP contribution is -2.54. The van der Waals surface area contributed by atoms with Crippen LogP contribution in [0.1, 0.15) is 55.2 Å². The van der Waals surface area contributed by atoms with E-state index in [0.29, 0.717) is 32.8 Å². The second-order valence-corrected chi connectivity index (χ2v) is 13.5. The highest BCUT2D eigenvalue weighted by molar-refractivity contribution is 6.39. The van der Waals surface area contributed by atoms with Crippen molar-refractivity contribution in [3.05, 3.63) is 93.0 Å². The molecule has 0 aromatic heterocycles. The van der Waals surface area contributed by atoms with Crippen molar-refractivity contribution in [1.29, 1.82) is 0 Å². The van der Waals surface area contributed by atoms with Gasteiger partial charge in [0.2, 0.25) is 0 Å². The fourth-order valence-electron chi connectivity index (χ4n) is 8.17. The smallest absolute Gasteiger partial charge is 0.335 e. The zero-order chi connectivity index (χ0) is 30.6. The minimum atomic E-state index is -0.762. The lowest BCUT2D eigenvalue weighted by Gasteiger charge is -2.57. The molecule has 7 nitrogen and oxygen atoms in total. The number of amides is 4. The van der Waals surface area contributed by atoms with Crippen LogP contribution in [0.3, 0.4) is 0 Å². The Balaban J connectivity index is 1.11. The number of hydrogen-bond acceptors (Lipinski definition) is 5. The molecule has 4 amide bonds. The molecule has 44 heavy (non-hydrogen) atoms. The van der Waals surface area contributed by atoms with Gasteiger partial charge < -0.3 is 9.47 Å². The molecule has 4 saturated carbocycles. The largest absolute Gasteiger partial charge is 0.493 e. The van der Waals surface area contributed by atoms with Crippen LogP contribution >= 0.6 is 23.2 Å². The van der Waals surface area contributed by atoms with Gasteiger partial charge >= 0.3 is 6.03 Å². The van der Waals surface area contributed by atoms with E-state index in [9.17, 15) is 14.4 Å². The normalized spacial score (nSPS) is 26.7. The molecule has 5 fully saturated rings. The molecule has 0 atom stereocenters. The van der Waals surface area contributed by atoms with Crippen LogP contribution in [0.5, 0.6) is 11.5 Å². The number of anilines is 1. The summed E-state index contributed by atoms with van der Waals surface area (Å²) in [6, 6.07) is 17.3. The van der Waals surface area contributed by atoms with E-state index in [2.05, 4.69) is 17.4 Å². The van der Waals surface area contributed by atoms with E-state index in [4.69, 9.17) is 32.7 Å². The molecule has 3 aromatic rings. The summed E-state index contributed by atoms with van der Waals surface area (Å²) in [5.74, 6) is 1.87. The fourth-order valence-corrected chi connectivity index (χ4v) is 8.64. The maximum atomic E-state index is 13.6. The first-order chi connectivity index (χ1) is 21.2. The molecular weight excluding hydrogens is 599 g/mol. The Morgan fingerprint density at radius 2 is 1.57 bits per heavy atom. The third-order valence-corrected chi connectivity index (χ3v) is 10.4. The van der Waals surface area contributed by atoms with E-state index in [1.165, 1.54) is 57.3 Å². The average Bonchev–Trinajstić information content (AvgIpc) is 2.98. The number of nitrogens with one attached hydrogen (secondary N) is 1. The van der Waals surface area contributed by atoms with Gasteiger partial charge in [0, 0.05) is 15.6 Å². The Labute approximate surface area is 266 Å². The number of urea groups is 1. The van der Waals surface area contributed by atoms with E-state index in [0.717, 1.165) is 28.2 Å². The van der Waals surface area contributed by atoms with Crippen LogP contribution in [-0.4, -0.2) is 25.0 Å². The van der Waals surface area contributed by atoms with Crippen LogP contribution in [-0.2, 0) is 21.6 Å².